The SMILES string of the molecule is Cc1ccc(CN(C(=O)CCSCc2ccccc2)[C@H](Cc2ccccc2)C(=O)NC(C)C)cc1. The lowest BCUT2D eigenvalue weighted by Crippen LogP contribution is -2.51. The second kappa shape index (κ2) is 13.7. The Bertz CT molecular complexity index is 1050. The number of nitrogens with zero attached hydrogens (tertiary/aromatic N) is 1. The Balaban J connectivity index is 1.78. The van der Waals surface area contributed by atoms with Crippen molar-refractivity contribution in [2.75, 3.05) is 5.75 Å². The number of thioether (sulfide) groups is 1. The highest BCUT2D eigenvalue weighted by molar-refractivity contribution is 7.98. The lowest BCUT2D eigenvalue weighted by molar-refractivity contribution is -0.141. The van der Waals surface area contributed by atoms with Crippen LogP contribution in [0.25, 0.3) is 0 Å². The third-order valence-electron chi connectivity index (χ3n) is 5.75. The summed E-state index contributed by atoms with van der Waals surface area (Å²) in [7, 11) is 0. The average molecular weight is 489 g/mol. The first-order valence-corrected chi connectivity index (χ1v) is 13.4. The van der Waals surface area contributed by atoms with E-state index in [-0.39, 0.29) is 17.9 Å². The summed E-state index contributed by atoms with van der Waals surface area (Å²) in [6.45, 7) is 6.35. The maximum Gasteiger partial charge on any atom is 0.243 e. The molecule has 0 saturated carbocycles. The van der Waals surface area contributed by atoms with Crippen molar-refractivity contribution < 1.29 is 9.59 Å². The van der Waals surface area contributed by atoms with Gasteiger partial charge in [-0.1, -0.05) is 90.5 Å². The summed E-state index contributed by atoms with van der Waals surface area (Å²) in [5.41, 5.74) is 4.48. The number of benzene rings is 3. The van der Waals surface area contributed by atoms with Crippen LogP contribution in [0.5, 0.6) is 0 Å². The Morgan fingerprint density at radius 1 is 0.829 bits per heavy atom. The molecule has 3 rings (SSSR count). The average Bonchev–Trinajstić information content (AvgIpc) is 2.86. The van der Waals surface area contributed by atoms with Crippen LogP contribution < -0.4 is 5.32 Å². The zero-order valence-corrected chi connectivity index (χ0v) is 21.8. The molecule has 5 heteroatoms. The van der Waals surface area contributed by atoms with E-state index in [0.717, 1.165) is 16.9 Å². The molecule has 35 heavy (non-hydrogen) atoms. The van der Waals surface area contributed by atoms with E-state index in [4.69, 9.17) is 0 Å². The molecule has 3 aromatic carbocycles. The van der Waals surface area contributed by atoms with E-state index in [2.05, 4.69) is 17.4 Å². The number of nitrogens with one attached hydrogen (secondary N) is 1. The molecular formula is C30H36N2O2S. The minimum Gasteiger partial charge on any atom is -0.352 e. The number of rotatable bonds is 12. The lowest BCUT2D eigenvalue weighted by Gasteiger charge is -2.32. The Hall–Kier alpha value is -3.05. The normalized spacial score (nSPS) is 11.8. The first-order chi connectivity index (χ1) is 16.9. The highest BCUT2D eigenvalue weighted by Crippen LogP contribution is 2.19. The molecule has 184 valence electrons. The molecule has 0 fully saturated rings. The van der Waals surface area contributed by atoms with Crippen LogP contribution in [0.2, 0.25) is 0 Å². The van der Waals surface area contributed by atoms with Gasteiger partial charge < -0.3 is 10.2 Å². The number of aryl methyl sites for hydroxylation is 1. The van der Waals surface area contributed by atoms with Crippen molar-refractivity contribution in [3.63, 3.8) is 0 Å². The molecule has 3 aromatic rings. The van der Waals surface area contributed by atoms with Gasteiger partial charge in [-0.05, 0) is 37.5 Å². The molecule has 4 nitrogen and oxygen atoms in total. The molecule has 0 spiro atoms. The van der Waals surface area contributed by atoms with Gasteiger partial charge in [0.1, 0.15) is 6.04 Å². The zero-order valence-electron chi connectivity index (χ0n) is 20.9. The van der Waals surface area contributed by atoms with E-state index >= 15 is 0 Å². The fourth-order valence-corrected chi connectivity index (χ4v) is 4.78. The summed E-state index contributed by atoms with van der Waals surface area (Å²) in [5, 5.41) is 3.04. The maximum absolute atomic E-state index is 13.6. The quantitative estimate of drug-likeness (QED) is 0.329. The minimum absolute atomic E-state index is 0.00136. The van der Waals surface area contributed by atoms with Crippen LogP contribution in [0, 0.1) is 6.92 Å². The predicted molar refractivity (Wildman–Crippen MR) is 146 cm³/mol. The molecule has 0 aliphatic carbocycles. The molecule has 2 amide bonds. The van der Waals surface area contributed by atoms with E-state index in [9.17, 15) is 9.59 Å². The van der Waals surface area contributed by atoms with Crippen LogP contribution in [0.15, 0.2) is 84.9 Å². The van der Waals surface area contributed by atoms with E-state index in [1.807, 2.05) is 93.6 Å². The van der Waals surface area contributed by atoms with Crippen molar-refractivity contribution in [3.8, 4) is 0 Å². The van der Waals surface area contributed by atoms with Gasteiger partial charge in [0, 0.05) is 36.9 Å². The van der Waals surface area contributed by atoms with Crippen molar-refractivity contribution in [2.24, 2.45) is 0 Å². The van der Waals surface area contributed by atoms with Gasteiger partial charge in [0.15, 0.2) is 0 Å². The van der Waals surface area contributed by atoms with Gasteiger partial charge in [-0.2, -0.15) is 11.8 Å². The maximum atomic E-state index is 13.6. The van der Waals surface area contributed by atoms with Gasteiger partial charge in [0.2, 0.25) is 11.8 Å². The Morgan fingerprint density at radius 2 is 1.43 bits per heavy atom. The van der Waals surface area contributed by atoms with Crippen LogP contribution >= 0.6 is 11.8 Å². The lowest BCUT2D eigenvalue weighted by atomic mass is 10.0. The standard InChI is InChI=1S/C30H36N2O2S/c1-23(2)31-30(34)28(20-25-10-6-4-7-11-25)32(21-26-16-14-24(3)15-17-26)29(33)18-19-35-22-27-12-8-5-9-13-27/h4-17,23,28H,18-22H2,1-3H3,(H,31,34)/t28-/m1/s1. The molecule has 0 aliphatic rings. The van der Waals surface area contributed by atoms with Crippen LogP contribution in [0.4, 0.5) is 0 Å². The summed E-state index contributed by atoms with van der Waals surface area (Å²) in [6, 6.07) is 27.8. The summed E-state index contributed by atoms with van der Waals surface area (Å²) in [6.07, 6.45) is 0.873. The summed E-state index contributed by atoms with van der Waals surface area (Å²) in [5.74, 6) is 1.47. The van der Waals surface area contributed by atoms with E-state index in [0.29, 0.717) is 25.1 Å². The summed E-state index contributed by atoms with van der Waals surface area (Å²) >= 11 is 1.75. The smallest absolute Gasteiger partial charge is 0.243 e. The second-order valence-electron chi connectivity index (χ2n) is 9.16. The highest BCUT2D eigenvalue weighted by Gasteiger charge is 2.30. The first kappa shape index (κ1) is 26.6. The monoisotopic (exact) mass is 488 g/mol. The second-order valence-corrected chi connectivity index (χ2v) is 10.3. The van der Waals surface area contributed by atoms with E-state index < -0.39 is 6.04 Å². The van der Waals surface area contributed by atoms with Gasteiger partial charge in [-0.25, -0.2) is 0 Å². The largest absolute Gasteiger partial charge is 0.352 e. The third-order valence-corrected chi connectivity index (χ3v) is 6.78. The number of carbonyl (C=O) groups excluding carboxylic acids is 2. The minimum atomic E-state index is -0.576. The van der Waals surface area contributed by atoms with Crippen LogP contribution in [0.1, 0.15) is 42.5 Å². The summed E-state index contributed by atoms with van der Waals surface area (Å²) in [4.78, 5) is 28.7. The Labute approximate surface area is 214 Å². The molecule has 1 N–H and O–H groups in total. The van der Waals surface area contributed by atoms with Crippen LogP contribution in [-0.4, -0.2) is 34.6 Å². The molecule has 0 radical (unpaired) electrons. The molecule has 0 heterocycles. The van der Waals surface area contributed by atoms with Crippen molar-refractivity contribution in [3.05, 3.63) is 107 Å². The molecule has 0 unspecified atom stereocenters. The van der Waals surface area contributed by atoms with Crippen molar-refractivity contribution in [1.29, 1.82) is 0 Å². The Morgan fingerprint density at radius 3 is 2.03 bits per heavy atom. The van der Waals surface area contributed by atoms with Crippen molar-refractivity contribution in [2.45, 2.75) is 58.0 Å². The summed E-state index contributed by atoms with van der Waals surface area (Å²) < 4.78 is 0. The fourth-order valence-electron chi connectivity index (χ4n) is 3.89. The third kappa shape index (κ3) is 8.91. The number of carbonyl (C=O) groups is 2. The highest BCUT2D eigenvalue weighted by atomic mass is 32.2. The molecule has 0 aliphatic heterocycles. The molecule has 0 saturated heterocycles. The van der Waals surface area contributed by atoms with Crippen molar-refractivity contribution in [1.82, 2.24) is 10.2 Å². The van der Waals surface area contributed by atoms with Gasteiger partial charge in [-0.3, -0.25) is 9.59 Å². The van der Waals surface area contributed by atoms with E-state index in [1.54, 1.807) is 16.7 Å². The fraction of sp³-hybridized carbons (Fsp3) is 0.333. The molecule has 0 bridgehead atoms. The van der Waals surface area contributed by atoms with Crippen molar-refractivity contribution >= 4 is 23.6 Å². The zero-order chi connectivity index (χ0) is 25.0. The Kier molecular flexibility index (Phi) is 10.4. The number of amides is 2. The van der Waals surface area contributed by atoms with Gasteiger partial charge in [0.25, 0.3) is 0 Å². The first-order valence-electron chi connectivity index (χ1n) is 12.2. The molecule has 1 atom stereocenters. The number of hydrogen-bond donors (Lipinski definition) is 1. The molecule has 0 aromatic heterocycles. The van der Waals surface area contributed by atoms with Crippen LogP contribution in [0.3, 0.4) is 0 Å². The van der Waals surface area contributed by atoms with Gasteiger partial charge in [-0.15, -0.1) is 0 Å². The van der Waals surface area contributed by atoms with Crippen LogP contribution in [-0.2, 0) is 28.3 Å². The number of hydrogen-bond acceptors (Lipinski definition) is 3. The topological polar surface area (TPSA) is 49.4 Å². The molecular weight excluding hydrogens is 452 g/mol. The van der Waals surface area contributed by atoms with Gasteiger partial charge in [0.05, 0.1) is 0 Å². The van der Waals surface area contributed by atoms with E-state index in [1.165, 1.54) is 11.1 Å². The predicted octanol–water partition coefficient (Wildman–Crippen LogP) is 5.78. The van der Waals surface area contributed by atoms with Gasteiger partial charge >= 0.3 is 0 Å².